The SMILES string of the molecule is NC[C@H]1O[C@H](O[C@H]2[C@H](O)[C@@H](O[C@H]3O[C@H](CO)[C@@H](O)[C@H](N)[C@H]3O)[C@H](N)C[C@@H]2N)[C@H](O)[C@@H](O)[C@@H]1O.NC[C@H]1O[C@H](O[C@H]2[C@H](O)[C@@H](O[C@H]3O[C@H](CO)[C@@H](O)[C@H](N)[C@H]3O)[C@H](N)C[C@@H]2N)[C@H](O)[C@@H](O)[C@@H]1O.NC[C@H]1O[C@H](O[C@H]2[C@H](O)[C@@H](O[C@H]3O[C@H](CO)[C@@H](O)[C@H](N)[C@H]3O)[C@H](N)C[C@@H]2N)[C@H](O)[C@@H](O)[C@@H]1O. The van der Waals surface area contributed by atoms with E-state index in [0.717, 1.165) is 0 Å². The predicted molar refractivity (Wildman–Crippen MR) is 323 cm³/mol. The Balaban J connectivity index is 0.000000209. The van der Waals surface area contributed by atoms with Gasteiger partial charge in [-0.1, -0.05) is 0 Å². The second kappa shape index (κ2) is 36.7. The van der Waals surface area contributed by atoms with E-state index in [1.54, 1.807) is 0 Å². The third-order valence-corrected chi connectivity index (χ3v) is 19.4. The smallest absolute Gasteiger partial charge is 0.187 e. The van der Waals surface area contributed by atoms with Crippen LogP contribution < -0.4 is 68.8 Å². The first-order valence-corrected chi connectivity index (χ1v) is 32.4. The summed E-state index contributed by atoms with van der Waals surface area (Å²) in [5.41, 5.74) is 70.5. The van der Waals surface area contributed by atoms with Gasteiger partial charge >= 0.3 is 0 Å². The molecule has 6 aliphatic heterocycles. The summed E-state index contributed by atoms with van der Waals surface area (Å²) >= 11 is 0. The molecule has 0 radical (unpaired) electrons. The van der Waals surface area contributed by atoms with Gasteiger partial charge in [0.05, 0.1) is 37.9 Å². The van der Waals surface area contributed by atoms with E-state index in [9.17, 15) is 107 Å². The lowest BCUT2D eigenvalue weighted by molar-refractivity contribution is -0.332. The van der Waals surface area contributed by atoms with Crippen molar-refractivity contribution in [2.24, 2.45) is 68.8 Å². The minimum absolute atomic E-state index is 0.0849. The van der Waals surface area contributed by atoms with Gasteiger partial charge in [0.1, 0.15) is 183 Å². The number of hydrogen-bond donors (Lipinski definition) is 33. The number of aliphatic hydroxyl groups excluding tert-OH is 21. The van der Waals surface area contributed by atoms with Crippen molar-refractivity contribution in [3.8, 4) is 0 Å². The van der Waals surface area contributed by atoms with E-state index in [4.69, 9.17) is 126 Å². The van der Waals surface area contributed by atoms with Crippen molar-refractivity contribution in [2.75, 3.05) is 39.5 Å². The fraction of sp³-hybridized carbons (Fsp3) is 1.00. The molecule has 45 heteroatoms. The van der Waals surface area contributed by atoms with E-state index < -0.39 is 295 Å². The number of rotatable bonds is 18. The highest BCUT2D eigenvalue weighted by Crippen LogP contribution is 2.36. The largest absolute Gasteiger partial charge is 0.394 e. The van der Waals surface area contributed by atoms with Crippen LogP contribution in [0.1, 0.15) is 19.3 Å². The Morgan fingerprint density at radius 2 is 0.394 bits per heavy atom. The Hall–Kier alpha value is -1.80. The van der Waals surface area contributed by atoms with Gasteiger partial charge in [-0.15, -0.1) is 0 Å². The van der Waals surface area contributed by atoms with Crippen LogP contribution in [0.2, 0.25) is 0 Å². The molecule has 6 saturated heterocycles. The molecule has 3 saturated carbocycles. The molecule has 45 atom stereocenters. The van der Waals surface area contributed by atoms with Gasteiger partial charge in [0, 0.05) is 55.9 Å². The summed E-state index contributed by atoms with van der Waals surface area (Å²) < 4.78 is 66.6. The van der Waals surface area contributed by atoms with Crippen LogP contribution in [0.4, 0.5) is 0 Å². The van der Waals surface area contributed by atoms with Gasteiger partial charge in [0.2, 0.25) is 0 Å². The summed E-state index contributed by atoms with van der Waals surface area (Å²) in [4.78, 5) is 0. The molecule has 3 aliphatic carbocycles. The van der Waals surface area contributed by atoms with Gasteiger partial charge in [-0.05, 0) is 19.3 Å². The molecule has 9 rings (SSSR count). The fourth-order valence-corrected chi connectivity index (χ4v) is 13.2. The summed E-state index contributed by atoms with van der Waals surface area (Å²) in [7, 11) is 0. The van der Waals surface area contributed by atoms with E-state index in [-0.39, 0.29) is 38.9 Å². The maximum atomic E-state index is 10.9. The topological polar surface area (TPSA) is 848 Å². The molecule has 9 fully saturated rings. The number of aliphatic hydroxyl groups is 21. The molecule has 9 aliphatic rings. The van der Waals surface area contributed by atoms with Gasteiger partial charge in [-0.3, -0.25) is 0 Å². The Kier molecular flexibility index (Phi) is 31.3. The van der Waals surface area contributed by atoms with Gasteiger partial charge < -0.3 is 233 Å². The van der Waals surface area contributed by atoms with E-state index >= 15 is 0 Å². The third-order valence-electron chi connectivity index (χ3n) is 19.4. The van der Waals surface area contributed by atoms with Crippen molar-refractivity contribution in [3.63, 3.8) is 0 Å². The predicted octanol–water partition coefficient (Wildman–Crippen LogP) is -21.9. The maximum Gasteiger partial charge on any atom is 0.187 e. The first-order valence-electron chi connectivity index (χ1n) is 32.4. The molecule has 0 aromatic rings. The summed E-state index contributed by atoms with van der Waals surface area (Å²) in [5.74, 6) is 0. The Morgan fingerprint density at radius 1 is 0.222 bits per heavy atom. The van der Waals surface area contributed by atoms with Crippen LogP contribution in [0.25, 0.3) is 0 Å². The minimum Gasteiger partial charge on any atom is -0.394 e. The quantitative estimate of drug-likeness (QED) is 0.0606. The Labute approximate surface area is 565 Å². The van der Waals surface area contributed by atoms with Crippen molar-refractivity contribution in [1.82, 2.24) is 0 Å². The van der Waals surface area contributed by atoms with Crippen LogP contribution in [-0.4, -0.2) is 422 Å². The van der Waals surface area contributed by atoms with Crippen LogP contribution >= 0.6 is 0 Å². The molecule has 0 unspecified atom stereocenters. The first-order chi connectivity index (χ1) is 46.5. The van der Waals surface area contributed by atoms with E-state index in [2.05, 4.69) is 0 Å². The lowest BCUT2D eigenvalue weighted by atomic mass is 9.84. The van der Waals surface area contributed by atoms with Crippen molar-refractivity contribution in [1.29, 1.82) is 0 Å². The third kappa shape index (κ3) is 18.6. The molecular weight excluding hydrogens is 1340 g/mol. The number of nitrogens with two attached hydrogens (primary N) is 12. The van der Waals surface area contributed by atoms with Crippen LogP contribution in [0.3, 0.4) is 0 Å². The van der Waals surface area contributed by atoms with Crippen molar-refractivity contribution < 1.29 is 164 Å². The monoisotopic (exact) mass is 1450 g/mol. The second-order valence-electron chi connectivity index (χ2n) is 26.4. The highest BCUT2D eigenvalue weighted by atomic mass is 16.8. The summed E-state index contributed by atoms with van der Waals surface area (Å²) in [5, 5.41) is 213. The summed E-state index contributed by atoms with van der Waals surface area (Å²) in [6.07, 6.45) is -49.4. The fourth-order valence-electron chi connectivity index (χ4n) is 13.2. The average molecular weight is 1450 g/mol. The Bertz CT molecular complexity index is 2000. The molecule has 45 nitrogen and oxygen atoms in total. The normalized spacial score (nSPS) is 53.7. The van der Waals surface area contributed by atoms with Crippen LogP contribution in [0.5, 0.6) is 0 Å². The molecular formula is C54H108N12O33. The molecule has 45 N–H and O–H groups in total. The molecule has 0 amide bonds. The van der Waals surface area contributed by atoms with Gasteiger partial charge in [0.15, 0.2) is 37.7 Å². The van der Waals surface area contributed by atoms with Crippen LogP contribution in [-0.2, 0) is 56.8 Å². The summed E-state index contributed by atoms with van der Waals surface area (Å²) in [6.45, 7) is -2.29. The average Bonchev–Trinajstić information content (AvgIpc) is 0.780. The zero-order valence-corrected chi connectivity index (χ0v) is 53.6. The highest BCUT2D eigenvalue weighted by Gasteiger charge is 2.56. The molecule has 582 valence electrons. The second-order valence-corrected chi connectivity index (χ2v) is 26.4. The van der Waals surface area contributed by atoms with Gasteiger partial charge in [-0.2, -0.15) is 0 Å². The molecule has 6 heterocycles. The van der Waals surface area contributed by atoms with Crippen molar-refractivity contribution in [3.05, 3.63) is 0 Å². The van der Waals surface area contributed by atoms with Gasteiger partial charge in [-0.25, -0.2) is 0 Å². The molecule has 0 spiro atoms. The zero-order chi connectivity index (χ0) is 73.8. The van der Waals surface area contributed by atoms with E-state index in [0.29, 0.717) is 0 Å². The van der Waals surface area contributed by atoms with Crippen LogP contribution in [0.15, 0.2) is 0 Å². The van der Waals surface area contributed by atoms with E-state index in [1.807, 2.05) is 0 Å². The van der Waals surface area contributed by atoms with Gasteiger partial charge in [0.25, 0.3) is 0 Å². The lowest BCUT2D eigenvalue weighted by Gasteiger charge is -2.48. The molecule has 0 aromatic carbocycles. The summed E-state index contributed by atoms with van der Waals surface area (Å²) in [6, 6.07) is -8.59. The zero-order valence-electron chi connectivity index (χ0n) is 53.6. The van der Waals surface area contributed by atoms with Crippen molar-refractivity contribution in [2.45, 2.75) is 294 Å². The number of hydrogen-bond acceptors (Lipinski definition) is 45. The Morgan fingerprint density at radius 3 is 0.566 bits per heavy atom. The van der Waals surface area contributed by atoms with E-state index in [1.165, 1.54) is 0 Å². The number of ether oxygens (including phenoxy) is 12. The first kappa shape index (κ1) is 84.5. The molecule has 99 heavy (non-hydrogen) atoms. The molecule has 0 bridgehead atoms. The van der Waals surface area contributed by atoms with Crippen molar-refractivity contribution >= 4 is 0 Å². The molecule has 0 aromatic heterocycles. The lowest BCUT2D eigenvalue weighted by Crippen LogP contribution is -2.68. The maximum absolute atomic E-state index is 10.9. The van der Waals surface area contributed by atoms with Crippen LogP contribution in [0, 0.1) is 0 Å². The minimum atomic E-state index is -1.66. The highest BCUT2D eigenvalue weighted by molar-refractivity contribution is 5.06. The standard InChI is InChI=1S/3C18H36N4O11/c3*19-2-6-10(25)12(27)13(28)18(30-6)33-16-5(21)1-4(20)15(14(16)29)32-17-11(26)8(22)9(24)7(3-23)31-17/h3*4-18,23-29H,1-3,19-22H2/t3*4-,5+,6-,7-,8+,9-,10-,11-,12+,13-,14-,15+,16-,17-,18-/m111/s1.